The predicted octanol–water partition coefficient (Wildman–Crippen LogP) is 3.11. The van der Waals surface area contributed by atoms with E-state index in [2.05, 4.69) is 15.6 Å². The Kier molecular flexibility index (Phi) is 3.93. The summed E-state index contributed by atoms with van der Waals surface area (Å²) in [5.41, 5.74) is 2.96. The van der Waals surface area contributed by atoms with Gasteiger partial charge in [0.15, 0.2) is 0 Å². The van der Waals surface area contributed by atoms with Crippen LogP contribution < -0.4 is 10.6 Å². The molecule has 2 heterocycles. The van der Waals surface area contributed by atoms with E-state index < -0.39 is 6.04 Å². The van der Waals surface area contributed by atoms with E-state index in [-0.39, 0.29) is 11.8 Å². The molecule has 0 spiro atoms. The first-order chi connectivity index (χ1) is 12.1. The lowest BCUT2D eigenvalue weighted by molar-refractivity contribution is -0.120. The molecule has 25 heavy (non-hydrogen) atoms. The summed E-state index contributed by atoms with van der Waals surface area (Å²) in [6.07, 6.45) is 0.595. The van der Waals surface area contributed by atoms with Crippen molar-refractivity contribution >= 4 is 34.3 Å². The largest absolute Gasteiger partial charge is 0.354 e. The van der Waals surface area contributed by atoms with Gasteiger partial charge in [-0.1, -0.05) is 41.9 Å². The van der Waals surface area contributed by atoms with E-state index in [1.165, 1.54) is 0 Å². The van der Waals surface area contributed by atoms with Crippen LogP contribution in [0.2, 0.25) is 5.02 Å². The Balaban J connectivity index is 1.82. The molecule has 6 heteroatoms. The van der Waals surface area contributed by atoms with Gasteiger partial charge < -0.3 is 15.6 Å². The lowest BCUT2D eigenvalue weighted by atomic mass is 10.0. The number of halogens is 1. The molecule has 2 amide bonds. The number of aromatic amines is 1. The normalized spacial score (nSPS) is 16.8. The van der Waals surface area contributed by atoms with Crippen molar-refractivity contribution in [1.82, 2.24) is 15.6 Å². The van der Waals surface area contributed by atoms with Gasteiger partial charge in [-0.05, 0) is 30.2 Å². The molecule has 1 fully saturated rings. The first-order valence-electron chi connectivity index (χ1n) is 8.09. The third-order valence-electron chi connectivity index (χ3n) is 4.40. The monoisotopic (exact) mass is 353 g/mol. The molecule has 5 nitrogen and oxygen atoms in total. The zero-order chi connectivity index (χ0) is 17.4. The van der Waals surface area contributed by atoms with Gasteiger partial charge in [0.25, 0.3) is 5.91 Å². The summed E-state index contributed by atoms with van der Waals surface area (Å²) in [7, 11) is 0. The molecule has 1 atom stereocenters. The van der Waals surface area contributed by atoms with Crippen molar-refractivity contribution in [3.8, 4) is 11.1 Å². The second-order valence-electron chi connectivity index (χ2n) is 6.04. The van der Waals surface area contributed by atoms with Gasteiger partial charge >= 0.3 is 0 Å². The SMILES string of the molecule is O=C(N[C@H]1CCNC1=O)c1[nH]c2ccc(Cl)cc2c1-c1ccccc1. The van der Waals surface area contributed by atoms with Crippen molar-refractivity contribution < 1.29 is 9.59 Å². The Morgan fingerprint density at radius 2 is 1.96 bits per heavy atom. The summed E-state index contributed by atoms with van der Waals surface area (Å²) < 4.78 is 0. The van der Waals surface area contributed by atoms with E-state index in [4.69, 9.17) is 11.6 Å². The molecule has 1 aliphatic rings. The van der Waals surface area contributed by atoms with Crippen LogP contribution in [0, 0.1) is 0 Å². The Hall–Kier alpha value is -2.79. The average molecular weight is 354 g/mol. The van der Waals surface area contributed by atoms with E-state index >= 15 is 0 Å². The summed E-state index contributed by atoms with van der Waals surface area (Å²) in [6.45, 7) is 0.581. The van der Waals surface area contributed by atoms with Crippen molar-refractivity contribution in [3.05, 3.63) is 59.2 Å². The van der Waals surface area contributed by atoms with Gasteiger partial charge in [-0.25, -0.2) is 0 Å². The fraction of sp³-hybridized carbons (Fsp3) is 0.158. The highest BCUT2D eigenvalue weighted by Gasteiger charge is 2.28. The van der Waals surface area contributed by atoms with Crippen LogP contribution in [0.4, 0.5) is 0 Å². The van der Waals surface area contributed by atoms with Gasteiger partial charge in [-0.2, -0.15) is 0 Å². The Morgan fingerprint density at radius 1 is 1.16 bits per heavy atom. The molecule has 0 unspecified atom stereocenters. The standard InChI is InChI=1S/C19H16ClN3O2/c20-12-6-7-14-13(10-12)16(11-4-2-1-3-5-11)17(22-14)19(25)23-15-8-9-21-18(15)24/h1-7,10,15,22H,8-9H2,(H,21,24)(H,23,25)/t15-/m0/s1. The second kappa shape index (κ2) is 6.26. The average Bonchev–Trinajstić information content (AvgIpc) is 3.19. The van der Waals surface area contributed by atoms with Crippen molar-refractivity contribution in [1.29, 1.82) is 0 Å². The highest BCUT2D eigenvalue weighted by molar-refractivity contribution is 6.31. The van der Waals surface area contributed by atoms with Crippen LogP contribution in [0.15, 0.2) is 48.5 Å². The lowest BCUT2D eigenvalue weighted by Crippen LogP contribution is -2.40. The molecule has 2 aromatic carbocycles. The molecule has 0 bridgehead atoms. The number of hydrogen-bond donors (Lipinski definition) is 3. The van der Waals surface area contributed by atoms with Crippen LogP contribution in [0.25, 0.3) is 22.0 Å². The maximum Gasteiger partial charge on any atom is 0.269 e. The Labute approximate surface area is 149 Å². The minimum Gasteiger partial charge on any atom is -0.354 e. The lowest BCUT2D eigenvalue weighted by Gasteiger charge is -2.10. The molecule has 1 aromatic heterocycles. The van der Waals surface area contributed by atoms with Crippen LogP contribution in [-0.2, 0) is 4.79 Å². The number of benzene rings is 2. The molecule has 1 aliphatic heterocycles. The number of nitrogens with one attached hydrogen (secondary N) is 3. The summed E-state index contributed by atoms with van der Waals surface area (Å²) in [5.74, 6) is -0.443. The molecule has 0 radical (unpaired) electrons. The molecule has 3 aromatic rings. The molecule has 3 N–H and O–H groups in total. The number of carbonyl (C=O) groups excluding carboxylic acids is 2. The second-order valence-corrected chi connectivity index (χ2v) is 6.47. The van der Waals surface area contributed by atoms with Gasteiger partial charge in [0, 0.05) is 28.0 Å². The zero-order valence-electron chi connectivity index (χ0n) is 13.3. The third-order valence-corrected chi connectivity index (χ3v) is 4.64. The molecule has 4 rings (SSSR count). The van der Waals surface area contributed by atoms with Gasteiger partial charge in [-0.3, -0.25) is 9.59 Å². The molecule has 0 saturated carbocycles. The highest BCUT2D eigenvalue weighted by Crippen LogP contribution is 2.34. The molecular weight excluding hydrogens is 338 g/mol. The maximum absolute atomic E-state index is 12.8. The number of fused-ring (bicyclic) bond motifs is 1. The van der Waals surface area contributed by atoms with Crippen molar-refractivity contribution in [2.75, 3.05) is 6.54 Å². The van der Waals surface area contributed by atoms with E-state index in [0.29, 0.717) is 23.7 Å². The van der Waals surface area contributed by atoms with Crippen molar-refractivity contribution in [2.45, 2.75) is 12.5 Å². The van der Waals surface area contributed by atoms with Gasteiger partial charge in [0.05, 0.1) is 0 Å². The van der Waals surface area contributed by atoms with Crippen LogP contribution in [0.3, 0.4) is 0 Å². The summed E-state index contributed by atoms with van der Waals surface area (Å²) >= 11 is 6.16. The number of H-pyrrole nitrogens is 1. The smallest absolute Gasteiger partial charge is 0.269 e. The molecular formula is C19H16ClN3O2. The van der Waals surface area contributed by atoms with Gasteiger partial charge in [0.2, 0.25) is 5.91 Å². The van der Waals surface area contributed by atoms with Crippen LogP contribution >= 0.6 is 11.6 Å². The Bertz CT molecular complexity index is 965. The first-order valence-corrected chi connectivity index (χ1v) is 8.46. The molecule has 0 aliphatic carbocycles. The minimum absolute atomic E-state index is 0.145. The van der Waals surface area contributed by atoms with Crippen molar-refractivity contribution in [3.63, 3.8) is 0 Å². The first kappa shape index (κ1) is 15.7. The number of carbonyl (C=O) groups is 2. The third kappa shape index (κ3) is 2.87. The fourth-order valence-electron chi connectivity index (χ4n) is 3.20. The van der Waals surface area contributed by atoms with E-state index in [0.717, 1.165) is 22.0 Å². The van der Waals surface area contributed by atoms with Crippen LogP contribution in [-0.4, -0.2) is 29.4 Å². The zero-order valence-corrected chi connectivity index (χ0v) is 14.1. The predicted molar refractivity (Wildman–Crippen MR) is 97.6 cm³/mol. The highest BCUT2D eigenvalue weighted by atomic mass is 35.5. The number of rotatable bonds is 3. The van der Waals surface area contributed by atoms with Gasteiger partial charge in [0.1, 0.15) is 11.7 Å². The topological polar surface area (TPSA) is 74.0 Å². The van der Waals surface area contributed by atoms with Crippen LogP contribution in [0.5, 0.6) is 0 Å². The molecule has 1 saturated heterocycles. The van der Waals surface area contributed by atoms with Gasteiger partial charge in [-0.15, -0.1) is 0 Å². The summed E-state index contributed by atoms with van der Waals surface area (Å²) in [5, 5.41) is 7.02. The van der Waals surface area contributed by atoms with E-state index in [1.807, 2.05) is 42.5 Å². The number of amides is 2. The number of hydrogen-bond acceptors (Lipinski definition) is 2. The summed E-state index contributed by atoms with van der Waals surface area (Å²) in [6, 6.07) is 14.6. The maximum atomic E-state index is 12.8. The van der Waals surface area contributed by atoms with E-state index in [1.54, 1.807) is 6.07 Å². The fourth-order valence-corrected chi connectivity index (χ4v) is 3.37. The summed E-state index contributed by atoms with van der Waals surface area (Å²) in [4.78, 5) is 27.8. The molecule has 126 valence electrons. The quantitative estimate of drug-likeness (QED) is 0.677. The Morgan fingerprint density at radius 3 is 2.68 bits per heavy atom. The minimum atomic E-state index is -0.494. The van der Waals surface area contributed by atoms with E-state index in [9.17, 15) is 9.59 Å². The van der Waals surface area contributed by atoms with Crippen molar-refractivity contribution in [2.24, 2.45) is 0 Å². The number of aromatic nitrogens is 1. The van der Waals surface area contributed by atoms with Crippen LogP contribution in [0.1, 0.15) is 16.9 Å².